The lowest BCUT2D eigenvalue weighted by molar-refractivity contribution is 0.832. The maximum absolute atomic E-state index is 4.97. The maximum atomic E-state index is 4.97. The summed E-state index contributed by atoms with van der Waals surface area (Å²) in [6.45, 7) is 15.0. The van der Waals surface area contributed by atoms with Crippen molar-refractivity contribution in [1.82, 2.24) is 4.98 Å². The minimum atomic E-state index is 0.990. The molecule has 2 rings (SSSR count). The number of thiazole rings is 1. The van der Waals surface area contributed by atoms with Crippen LogP contribution in [0.4, 0.5) is 0 Å². The summed E-state index contributed by atoms with van der Waals surface area (Å²) in [5, 5.41) is 2.14. The average molecular weight is 385 g/mol. The first-order chi connectivity index (χ1) is 12.4. The molecule has 0 radical (unpaired) electrons. The van der Waals surface area contributed by atoms with Crippen LogP contribution in [0.3, 0.4) is 0 Å². The fourth-order valence-corrected chi connectivity index (χ4v) is 3.91. The van der Waals surface area contributed by atoms with E-state index in [1.807, 2.05) is 5.51 Å². The quantitative estimate of drug-likeness (QED) is 0.342. The van der Waals surface area contributed by atoms with Gasteiger partial charge in [0.05, 0.1) is 21.4 Å². The molecule has 0 aliphatic carbocycles. The lowest BCUT2D eigenvalue weighted by atomic mass is 10.0. The second kappa shape index (κ2) is 9.89. The Morgan fingerprint density at radius 1 is 1.27 bits per heavy atom. The Hall–Kier alpha value is -1.65. The highest BCUT2D eigenvalue weighted by molar-refractivity contribution is 8.06. The zero-order chi connectivity index (χ0) is 19.1. The number of rotatable bonds is 8. The Kier molecular flexibility index (Phi) is 7.85. The van der Waals surface area contributed by atoms with Crippen molar-refractivity contribution < 1.29 is 0 Å². The van der Waals surface area contributed by atoms with Crippen molar-refractivity contribution in [3.8, 4) is 0 Å². The van der Waals surface area contributed by atoms with Crippen LogP contribution in [0.2, 0.25) is 0 Å². The van der Waals surface area contributed by atoms with Gasteiger partial charge in [-0.2, -0.15) is 0 Å². The minimum Gasteiger partial charge on any atom is -0.257 e. The molecule has 1 heterocycles. The first kappa shape index (κ1) is 20.7. The molecule has 0 saturated carbocycles. The molecule has 0 aliphatic heterocycles. The molecule has 138 valence electrons. The number of hydrogen-bond donors (Lipinski definition) is 0. The standard InChI is InChI=1S/C22H28N2S2/c1-7-8-9-16(4)24-22(18(6)25-13-15(2)3)17(5)19-10-11-20-21(12-19)26-14-23-20/h10-14H,6-9H2,1-5H3/b22-17+,24-16?. The molecule has 0 saturated heterocycles. The van der Waals surface area contributed by atoms with E-state index in [-0.39, 0.29) is 0 Å². The number of aliphatic imine (C=N–C) groups is 1. The lowest BCUT2D eigenvalue weighted by Gasteiger charge is -2.12. The highest BCUT2D eigenvalue weighted by Crippen LogP contribution is 2.33. The third-order valence-corrected chi connectivity index (χ3v) is 5.87. The van der Waals surface area contributed by atoms with Gasteiger partial charge in [-0.05, 0) is 69.2 Å². The molecule has 2 aromatic rings. The lowest BCUT2D eigenvalue weighted by Crippen LogP contribution is -1.96. The predicted octanol–water partition coefficient (Wildman–Crippen LogP) is 7.85. The van der Waals surface area contributed by atoms with Crippen LogP contribution in [0.15, 0.2) is 56.9 Å². The van der Waals surface area contributed by atoms with Crippen LogP contribution < -0.4 is 0 Å². The summed E-state index contributed by atoms with van der Waals surface area (Å²) in [5.41, 5.74) is 8.72. The van der Waals surface area contributed by atoms with Crippen LogP contribution in [0.5, 0.6) is 0 Å². The summed E-state index contributed by atoms with van der Waals surface area (Å²) in [7, 11) is 0. The second-order valence-corrected chi connectivity index (χ2v) is 8.55. The van der Waals surface area contributed by atoms with E-state index in [0.717, 1.165) is 28.1 Å². The predicted molar refractivity (Wildman–Crippen MR) is 121 cm³/mol. The van der Waals surface area contributed by atoms with E-state index in [4.69, 9.17) is 4.99 Å². The molecule has 1 aromatic carbocycles. The van der Waals surface area contributed by atoms with Gasteiger partial charge in [-0.3, -0.25) is 4.99 Å². The Morgan fingerprint density at radius 3 is 2.73 bits per heavy atom. The summed E-state index contributed by atoms with van der Waals surface area (Å²) >= 11 is 3.33. The van der Waals surface area contributed by atoms with Crippen LogP contribution in [-0.4, -0.2) is 10.7 Å². The maximum Gasteiger partial charge on any atom is 0.0812 e. The molecule has 0 N–H and O–H groups in total. The van der Waals surface area contributed by atoms with E-state index in [0.29, 0.717) is 0 Å². The normalized spacial score (nSPS) is 12.9. The SMILES string of the molecule is C=C(SC=C(C)C)/C(N=C(C)CCCC)=C(/C)c1ccc2ncsc2c1. The second-order valence-electron chi connectivity index (χ2n) is 6.70. The third-order valence-electron chi connectivity index (χ3n) is 4.02. The van der Waals surface area contributed by atoms with E-state index < -0.39 is 0 Å². The first-order valence-corrected chi connectivity index (χ1v) is 10.8. The molecule has 0 amide bonds. The van der Waals surface area contributed by atoms with Gasteiger partial charge in [0.25, 0.3) is 0 Å². The Balaban J connectivity index is 2.46. The summed E-state index contributed by atoms with van der Waals surface area (Å²) in [6, 6.07) is 6.42. The summed E-state index contributed by atoms with van der Waals surface area (Å²) < 4.78 is 1.20. The zero-order valence-corrected chi connectivity index (χ0v) is 18.1. The third kappa shape index (κ3) is 5.68. The smallest absolute Gasteiger partial charge is 0.0812 e. The number of allylic oxidation sites excluding steroid dienone is 2. The summed E-state index contributed by atoms with van der Waals surface area (Å²) in [6.07, 6.45) is 3.38. The van der Waals surface area contributed by atoms with E-state index >= 15 is 0 Å². The van der Waals surface area contributed by atoms with E-state index in [9.17, 15) is 0 Å². The van der Waals surface area contributed by atoms with Crippen molar-refractivity contribution in [2.24, 2.45) is 4.99 Å². The largest absolute Gasteiger partial charge is 0.257 e. The number of unbranched alkanes of at least 4 members (excludes halogenated alkanes) is 1. The van der Waals surface area contributed by atoms with Gasteiger partial charge < -0.3 is 0 Å². The van der Waals surface area contributed by atoms with Crippen molar-refractivity contribution in [3.63, 3.8) is 0 Å². The molecule has 0 aliphatic rings. The molecule has 1 aromatic heterocycles. The van der Waals surface area contributed by atoms with Gasteiger partial charge in [-0.1, -0.05) is 43.3 Å². The molecule has 4 heteroatoms. The van der Waals surface area contributed by atoms with Crippen molar-refractivity contribution in [2.45, 2.75) is 53.9 Å². The van der Waals surface area contributed by atoms with Crippen LogP contribution in [0.25, 0.3) is 15.8 Å². The molecule has 0 bridgehead atoms. The summed E-state index contributed by atoms with van der Waals surface area (Å²) in [5.74, 6) is 0. The monoisotopic (exact) mass is 384 g/mol. The van der Waals surface area contributed by atoms with Crippen molar-refractivity contribution in [3.05, 3.63) is 57.4 Å². The van der Waals surface area contributed by atoms with Crippen molar-refractivity contribution in [2.75, 3.05) is 0 Å². The van der Waals surface area contributed by atoms with E-state index in [1.54, 1.807) is 23.1 Å². The molecular formula is C22H28N2S2. The first-order valence-electron chi connectivity index (χ1n) is 9.00. The van der Waals surface area contributed by atoms with E-state index in [1.165, 1.54) is 34.4 Å². The molecule has 26 heavy (non-hydrogen) atoms. The van der Waals surface area contributed by atoms with Gasteiger partial charge in [-0.25, -0.2) is 4.98 Å². The molecular weight excluding hydrogens is 356 g/mol. The van der Waals surface area contributed by atoms with Gasteiger partial charge in [0.1, 0.15) is 0 Å². The van der Waals surface area contributed by atoms with Crippen LogP contribution in [-0.2, 0) is 0 Å². The topological polar surface area (TPSA) is 25.2 Å². The summed E-state index contributed by atoms with van der Waals surface area (Å²) in [4.78, 5) is 10.3. The van der Waals surface area contributed by atoms with E-state index in [2.05, 4.69) is 69.8 Å². The molecule has 0 fully saturated rings. The Labute approximate surface area is 165 Å². The van der Waals surface area contributed by atoms with Gasteiger partial charge >= 0.3 is 0 Å². The van der Waals surface area contributed by atoms with Gasteiger partial charge in [0, 0.05) is 10.6 Å². The van der Waals surface area contributed by atoms with Crippen molar-refractivity contribution in [1.29, 1.82) is 0 Å². The van der Waals surface area contributed by atoms with Crippen LogP contribution in [0, 0.1) is 0 Å². The number of fused-ring (bicyclic) bond motifs is 1. The molecule has 2 nitrogen and oxygen atoms in total. The average Bonchev–Trinajstić information content (AvgIpc) is 3.09. The number of aromatic nitrogens is 1. The zero-order valence-electron chi connectivity index (χ0n) is 16.4. The fraction of sp³-hybridized carbons (Fsp3) is 0.364. The number of thioether (sulfide) groups is 1. The van der Waals surface area contributed by atoms with Gasteiger partial charge in [-0.15, -0.1) is 11.3 Å². The number of nitrogens with zero attached hydrogens (tertiary/aromatic N) is 2. The molecule has 0 spiro atoms. The Bertz CT molecular complexity index is 865. The van der Waals surface area contributed by atoms with Gasteiger partial charge in [0.2, 0.25) is 0 Å². The van der Waals surface area contributed by atoms with Crippen molar-refractivity contribution >= 4 is 44.6 Å². The highest BCUT2D eigenvalue weighted by atomic mass is 32.2. The number of hydrogen-bond acceptors (Lipinski definition) is 4. The van der Waals surface area contributed by atoms with Gasteiger partial charge in [0.15, 0.2) is 0 Å². The highest BCUT2D eigenvalue weighted by Gasteiger charge is 2.10. The fourth-order valence-electron chi connectivity index (χ4n) is 2.50. The molecule has 0 atom stereocenters. The van der Waals surface area contributed by atoms with Crippen LogP contribution >= 0.6 is 23.1 Å². The molecule has 0 unspecified atom stereocenters. The minimum absolute atomic E-state index is 0.990. The van der Waals surface area contributed by atoms with Crippen LogP contribution in [0.1, 0.15) is 59.4 Å². The Morgan fingerprint density at radius 2 is 2.04 bits per heavy atom. The number of benzene rings is 1.